The van der Waals surface area contributed by atoms with Crippen molar-refractivity contribution < 1.29 is 0 Å². The Kier molecular flexibility index (Phi) is 4.05. The lowest BCUT2D eigenvalue weighted by Gasteiger charge is -2.13. The number of aryl methyl sites for hydroxylation is 2. The van der Waals surface area contributed by atoms with Crippen LogP contribution < -0.4 is 0 Å². The average molecular weight is 364 g/mol. The third kappa shape index (κ3) is 2.60. The van der Waals surface area contributed by atoms with Crippen molar-refractivity contribution in [2.24, 2.45) is 0 Å². The highest BCUT2D eigenvalue weighted by Crippen LogP contribution is 2.28. The van der Waals surface area contributed by atoms with Gasteiger partial charge >= 0.3 is 0 Å². The molecule has 0 aliphatic carbocycles. The molecule has 0 N–H and O–H groups in total. The molecule has 2 nitrogen and oxygen atoms in total. The summed E-state index contributed by atoms with van der Waals surface area (Å²) in [5.74, 6) is 1.57. The monoisotopic (exact) mass is 362 g/mol. The smallest absolute Gasteiger partial charge is 0.115 e. The number of rotatable bonds is 3. The Morgan fingerprint density at radius 3 is 2.76 bits per heavy atom. The fraction of sp³-hybridized carbons (Fsp3) is 0.235. The highest BCUT2D eigenvalue weighted by atomic mass is 79.9. The molecule has 1 aromatic heterocycles. The Morgan fingerprint density at radius 1 is 1.19 bits per heavy atom. The first-order valence-electron chi connectivity index (χ1n) is 6.91. The van der Waals surface area contributed by atoms with Crippen molar-refractivity contribution >= 4 is 38.6 Å². The van der Waals surface area contributed by atoms with Crippen LogP contribution in [0.25, 0.3) is 16.7 Å². The molecule has 0 radical (unpaired) electrons. The second kappa shape index (κ2) is 5.82. The maximum atomic E-state index is 5.96. The summed E-state index contributed by atoms with van der Waals surface area (Å²) in [7, 11) is 0. The lowest BCUT2D eigenvalue weighted by atomic mass is 10.1. The van der Waals surface area contributed by atoms with E-state index in [-0.39, 0.29) is 0 Å². The highest BCUT2D eigenvalue weighted by molar-refractivity contribution is 9.10. The largest absolute Gasteiger partial charge is 0.296 e. The van der Waals surface area contributed by atoms with E-state index in [1.54, 1.807) is 0 Å². The van der Waals surface area contributed by atoms with Crippen molar-refractivity contribution in [2.45, 2.75) is 20.3 Å². The summed E-state index contributed by atoms with van der Waals surface area (Å²) in [6, 6.07) is 12.6. The van der Waals surface area contributed by atoms with E-state index < -0.39 is 0 Å². The molecule has 1 heterocycles. The van der Waals surface area contributed by atoms with E-state index >= 15 is 0 Å². The summed E-state index contributed by atoms with van der Waals surface area (Å²) in [6.45, 7) is 4.22. The van der Waals surface area contributed by atoms with Gasteiger partial charge in [-0.15, -0.1) is 11.6 Å². The fourth-order valence-electron chi connectivity index (χ4n) is 2.59. The number of halogens is 2. The first-order chi connectivity index (χ1) is 10.1. The van der Waals surface area contributed by atoms with Crippen LogP contribution in [0.2, 0.25) is 0 Å². The standard InChI is InChI=1S/C17H16BrClN2/c1-11-6-7-14-16(10-11)21(17(20-14)8-9-19)15-5-3-4-13(18)12(15)2/h3-7,10H,8-9H2,1-2H3. The van der Waals surface area contributed by atoms with Gasteiger partial charge in [-0.25, -0.2) is 4.98 Å². The lowest BCUT2D eigenvalue weighted by molar-refractivity contribution is 0.906. The van der Waals surface area contributed by atoms with Gasteiger partial charge in [0.05, 0.1) is 16.7 Å². The second-order valence-electron chi connectivity index (χ2n) is 5.18. The molecule has 0 aliphatic rings. The maximum Gasteiger partial charge on any atom is 0.115 e. The van der Waals surface area contributed by atoms with Crippen molar-refractivity contribution in [1.82, 2.24) is 9.55 Å². The van der Waals surface area contributed by atoms with Crippen LogP contribution in [0.4, 0.5) is 0 Å². The molecule has 108 valence electrons. The van der Waals surface area contributed by atoms with Crippen molar-refractivity contribution in [3.63, 3.8) is 0 Å². The average Bonchev–Trinajstić information content (AvgIpc) is 2.80. The van der Waals surface area contributed by atoms with E-state index in [1.807, 2.05) is 0 Å². The van der Waals surface area contributed by atoms with Crippen molar-refractivity contribution in [3.8, 4) is 5.69 Å². The lowest BCUT2D eigenvalue weighted by Crippen LogP contribution is -2.04. The Hall–Kier alpha value is -1.32. The van der Waals surface area contributed by atoms with E-state index in [2.05, 4.69) is 70.7 Å². The van der Waals surface area contributed by atoms with Crippen molar-refractivity contribution in [3.05, 3.63) is 57.8 Å². The van der Waals surface area contributed by atoms with Gasteiger partial charge in [-0.1, -0.05) is 28.1 Å². The third-order valence-electron chi connectivity index (χ3n) is 3.68. The van der Waals surface area contributed by atoms with Gasteiger partial charge < -0.3 is 0 Å². The molecular weight excluding hydrogens is 348 g/mol. The predicted octanol–water partition coefficient (Wildman–Crippen LogP) is 5.19. The minimum Gasteiger partial charge on any atom is -0.296 e. The minimum absolute atomic E-state index is 0.565. The summed E-state index contributed by atoms with van der Waals surface area (Å²) in [5, 5.41) is 0. The van der Waals surface area contributed by atoms with Gasteiger partial charge in [0.15, 0.2) is 0 Å². The number of aromatic nitrogens is 2. The van der Waals surface area contributed by atoms with Gasteiger partial charge in [0.25, 0.3) is 0 Å². The van der Waals surface area contributed by atoms with Crippen LogP contribution in [0, 0.1) is 13.8 Å². The number of hydrogen-bond donors (Lipinski definition) is 0. The summed E-state index contributed by atoms with van der Waals surface area (Å²) in [4.78, 5) is 4.75. The molecule has 3 rings (SSSR count). The molecule has 0 saturated heterocycles. The zero-order valence-corrected chi connectivity index (χ0v) is 14.4. The predicted molar refractivity (Wildman–Crippen MR) is 92.7 cm³/mol. The van der Waals surface area contributed by atoms with Crippen LogP contribution in [-0.4, -0.2) is 15.4 Å². The summed E-state index contributed by atoms with van der Waals surface area (Å²) in [5.41, 5.74) is 5.73. The Balaban J connectivity index is 2.35. The van der Waals surface area contributed by atoms with Crippen LogP contribution in [0.3, 0.4) is 0 Å². The number of fused-ring (bicyclic) bond motifs is 1. The SMILES string of the molecule is Cc1ccc2nc(CCCl)n(-c3cccc(Br)c3C)c2c1. The molecular formula is C17H16BrClN2. The molecule has 21 heavy (non-hydrogen) atoms. The molecule has 0 aliphatic heterocycles. The van der Waals surface area contributed by atoms with Gasteiger partial charge in [0.1, 0.15) is 5.82 Å². The van der Waals surface area contributed by atoms with Gasteiger partial charge in [0.2, 0.25) is 0 Å². The third-order valence-corrected chi connectivity index (χ3v) is 4.73. The molecule has 0 bridgehead atoms. The van der Waals surface area contributed by atoms with Crippen LogP contribution in [-0.2, 0) is 6.42 Å². The van der Waals surface area contributed by atoms with Crippen LogP contribution >= 0.6 is 27.5 Å². The summed E-state index contributed by atoms with van der Waals surface area (Å²) < 4.78 is 3.33. The molecule has 0 fully saturated rings. The van der Waals surface area contributed by atoms with Gasteiger partial charge in [-0.2, -0.15) is 0 Å². The van der Waals surface area contributed by atoms with Crippen molar-refractivity contribution in [2.75, 3.05) is 5.88 Å². The number of nitrogens with zero attached hydrogens (tertiary/aromatic N) is 2. The molecule has 0 unspecified atom stereocenters. The van der Waals surface area contributed by atoms with E-state index in [1.165, 1.54) is 11.1 Å². The van der Waals surface area contributed by atoms with E-state index in [4.69, 9.17) is 16.6 Å². The molecule has 3 aromatic rings. The highest BCUT2D eigenvalue weighted by Gasteiger charge is 2.14. The van der Waals surface area contributed by atoms with E-state index in [0.29, 0.717) is 5.88 Å². The fourth-order valence-corrected chi connectivity index (χ4v) is 3.12. The minimum atomic E-state index is 0.565. The zero-order chi connectivity index (χ0) is 15.0. The first-order valence-corrected chi connectivity index (χ1v) is 8.24. The van der Waals surface area contributed by atoms with Gasteiger partial charge in [0, 0.05) is 16.8 Å². The molecule has 0 spiro atoms. The van der Waals surface area contributed by atoms with Crippen molar-refractivity contribution in [1.29, 1.82) is 0 Å². The Morgan fingerprint density at radius 2 is 2.00 bits per heavy atom. The quantitative estimate of drug-likeness (QED) is 0.586. The number of imidazole rings is 1. The van der Waals surface area contributed by atoms with E-state index in [9.17, 15) is 0 Å². The number of alkyl halides is 1. The summed E-state index contributed by atoms with van der Waals surface area (Å²) >= 11 is 9.58. The Bertz CT molecular complexity index is 808. The summed E-state index contributed by atoms with van der Waals surface area (Å²) in [6.07, 6.45) is 0.751. The Labute approximate surface area is 137 Å². The molecule has 0 atom stereocenters. The molecule has 0 amide bonds. The zero-order valence-electron chi connectivity index (χ0n) is 12.0. The van der Waals surface area contributed by atoms with E-state index in [0.717, 1.165) is 33.4 Å². The van der Waals surface area contributed by atoms with Crippen LogP contribution in [0.1, 0.15) is 17.0 Å². The normalized spacial score (nSPS) is 11.2. The van der Waals surface area contributed by atoms with Crippen LogP contribution in [0.15, 0.2) is 40.9 Å². The van der Waals surface area contributed by atoms with Gasteiger partial charge in [-0.05, 0) is 49.2 Å². The number of benzene rings is 2. The maximum absolute atomic E-state index is 5.96. The first kappa shape index (κ1) is 14.6. The molecule has 2 aromatic carbocycles. The van der Waals surface area contributed by atoms with Gasteiger partial charge in [-0.3, -0.25) is 4.57 Å². The molecule has 0 saturated carbocycles. The molecule has 4 heteroatoms. The topological polar surface area (TPSA) is 17.8 Å². The second-order valence-corrected chi connectivity index (χ2v) is 6.41. The van der Waals surface area contributed by atoms with Crippen LogP contribution in [0.5, 0.6) is 0 Å². The number of hydrogen-bond acceptors (Lipinski definition) is 1.